The second-order valence-corrected chi connectivity index (χ2v) is 11.8. The van der Waals surface area contributed by atoms with Gasteiger partial charge in [0.1, 0.15) is 11.5 Å². The Kier molecular flexibility index (Phi) is 8.39. The van der Waals surface area contributed by atoms with Crippen molar-refractivity contribution in [2.24, 2.45) is 0 Å². The van der Waals surface area contributed by atoms with E-state index in [1.54, 1.807) is 32.0 Å². The molecule has 6 radical (unpaired) electrons. The summed E-state index contributed by atoms with van der Waals surface area (Å²) in [6.45, 7) is 4.67. The normalized spacial score (nSPS) is 20.2. The molecule has 2 fully saturated rings. The number of anilines is 1. The second-order valence-electron chi connectivity index (χ2n) is 11.8. The molecule has 14 heteroatoms. The number of piperidine rings is 1. The standard InChI is InChI=1S/C18H14B3F3N6.C10H18FN/c1-8-26-11-3-2-9(4-13(11)29(8)7-14(23)24)15-10(22)6-30-16(15)12(5-18(19,20)21)27-17(25)28-30;1-10(11)6-3-7-12(8-10)9-4-2-5-9/h2-4,6,14H,5,7H2,1H3,(H2,25,28);9H,2-8H2,1H3. The molecule has 2 aliphatic rings. The van der Waals surface area contributed by atoms with Crippen LogP contribution in [-0.4, -0.2) is 83.8 Å². The third-order valence-corrected chi connectivity index (χ3v) is 7.96. The van der Waals surface area contributed by atoms with Crippen LogP contribution in [0.1, 0.15) is 50.5 Å². The predicted octanol–water partition coefficient (Wildman–Crippen LogP) is 4.53. The van der Waals surface area contributed by atoms with E-state index in [2.05, 4.69) is 20.0 Å². The molecule has 7 nitrogen and oxygen atoms in total. The maximum atomic E-state index is 15.0. The summed E-state index contributed by atoms with van der Waals surface area (Å²) in [5.74, 6) is -0.283. The van der Waals surface area contributed by atoms with E-state index in [-0.39, 0.29) is 29.1 Å². The molecule has 1 aliphatic heterocycles. The third-order valence-electron chi connectivity index (χ3n) is 7.96. The molecule has 1 saturated carbocycles. The molecule has 0 bridgehead atoms. The minimum Gasteiger partial charge on any atom is -0.367 e. The van der Waals surface area contributed by atoms with E-state index in [9.17, 15) is 17.6 Å². The summed E-state index contributed by atoms with van der Waals surface area (Å²) in [4.78, 5) is 10.8. The number of nitrogens with zero attached hydrogens (tertiary/aromatic N) is 6. The van der Waals surface area contributed by atoms with Crippen LogP contribution in [0.5, 0.6) is 0 Å². The van der Waals surface area contributed by atoms with Gasteiger partial charge >= 0.3 is 0 Å². The largest absolute Gasteiger partial charge is 0.367 e. The first-order valence-corrected chi connectivity index (χ1v) is 14.1. The summed E-state index contributed by atoms with van der Waals surface area (Å²) in [5.41, 5.74) is 6.89. The monoisotopic (exact) mass is 575 g/mol. The Bertz CT molecular complexity index is 1580. The minimum atomic E-state index is -2.56. The zero-order chi connectivity index (χ0) is 30.4. The lowest BCUT2D eigenvalue weighted by atomic mass is 9.41. The molecule has 4 aromatic rings. The maximum absolute atomic E-state index is 15.0. The number of alkyl halides is 3. The van der Waals surface area contributed by atoms with Crippen LogP contribution in [0.3, 0.4) is 0 Å². The van der Waals surface area contributed by atoms with Crippen molar-refractivity contribution in [2.45, 2.75) is 82.2 Å². The average molecular weight is 575 g/mol. The number of halogens is 4. The highest BCUT2D eigenvalue weighted by molar-refractivity contribution is 6.59. The SMILES string of the molecule is CC1(F)CCCN(C2CCC2)C1.[B]C([B])([B])Cc1nc(N)nn2cc(F)c(-c3ccc4nc(C)n(CC(F)F)c4c3)c12. The molecule has 0 spiro atoms. The van der Waals surface area contributed by atoms with E-state index in [1.807, 2.05) is 0 Å². The van der Waals surface area contributed by atoms with Gasteiger partial charge < -0.3 is 10.3 Å². The first kappa shape index (κ1) is 30.4. The molecule has 1 aromatic carbocycles. The summed E-state index contributed by atoms with van der Waals surface area (Å²) >= 11 is 0. The van der Waals surface area contributed by atoms with Crippen LogP contribution in [0.4, 0.5) is 23.5 Å². The number of rotatable bonds is 6. The van der Waals surface area contributed by atoms with Gasteiger partial charge in [0, 0.05) is 18.2 Å². The molecule has 3 aromatic heterocycles. The van der Waals surface area contributed by atoms with Crippen molar-refractivity contribution >= 4 is 46.0 Å². The lowest BCUT2D eigenvalue weighted by molar-refractivity contribution is 0.0128. The smallest absolute Gasteiger partial charge is 0.256 e. The number of aromatic nitrogens is 5. The molecule has 2 N–H and O–H groups in total. The second kappa shape index (κ2) is 11.6. The van der Waals surface area contributed by atoms with E-state index in [0.717, 1.165) is 31.6 Å². The molecular weight excluding hydrogens is 543 g/mol. The molecule has 0 amide bonds. The molecule has 1 aliphatic carbocycles. The van der Waals surface area contributed by atoms with Crippen LogP contribution < -0.4 is 5.73 Å². The number of benzene rings is 1. The highest BCUT2D eigenvalue weighted by Gasteiger charge is 2.35. The number of fused-ring (bicyclic) bond motifs is 2. The lowest BCUT2D eigenvalue weighted by Gasteiger charge is -2.43. The van der Waals surface area contributed by atoms with Crippen LogP contribution >= 0.6 is 0 Å². The van der Waals surface area contributed by atoms with Gasteiger partial charge in [0.15, 0.2) is 5.82 Å². The molecule has 216 valence electrons. The molecule has 42 heavy (non-hydrogen) atoms. The van der Waals surface area contributed by atoms with Crippen LogP contribution in [0.15, 0.2) is 24.4 Å². The fourth-order valence-corrected chi connectivity index (χ4v) is 5.89. The van der Waals surface area contributed by atoms with E-state index in [4.69, 9.17) is 29.3 Å². The van der Waals surface area contributed by atoms with Crippen molar-refractivity contribution < 1.29 is 17.6 Å². The predicted molar refractivity (Wildman–Crippen MR) is 158 cm³/mol. The zero-order valence-corrected chi connectivity index (χ0v) is 23.8. The minimum absolute atomic E-state index is 0.107. The lowest BCUT2D eigenvalue weighted by Crippen LogP contribution is -2.50. The van der Waals surface area contributed by atoms with Gasteiger partial charge in [-0.3, -0.25) is 4.90 Å². The van der Waals surface area contributed by atoms with Crippen LogP contribution in [0.25, 0.3) is 27.7 Å². The van der Waals surface area contributed by atoms with Crippen LogP contribution in [-0.2, 0) is 13.0 Å². The number of hydrogen-bond acceptors (Lipinski definition) is 5. The Morgan fingerprint density at radius 2 is 1.90 bits per heavy atom. The van der Waals surface area contributed by atoms with Crippen molar-refractivity contribution in [1.82, 2.24) is 29.0 Å². The van der Waals surface area contributed by atoms with Crippen molar-refractivity contribution in [1.29, 1.82) is 0 Å². The van der Waals surface area contributed by atoms with E-state index >= 15 is 0 Å². The summed E-state index contributed by atoms with van der Waals surface area (Å²) < 4.78 is 57.3. The van der Waals surface area contributed by atoms with Crippen molar-refractivity contribution in [2.75, 3.05) is 18.8 Å². The summed E-state index contributed by atoms with van der Waals surface area (Å²) in [6, 6.07) is 5.59. The molecule has 4 heterocycles. The fourth-order valence-electron chi connectivity index (χ4n) is 5.89. The molecule has 6 rings (SSSR count). The highest BCUT2D eigenvalue weighted by atomic mass is 19.3. The fraction of sp³-hybridized carbons (Fsp3) is 0.536. The zero-order valence-electron chi connectivity index (χ0n) is 23.8. The Hall–Kier alpha value is -3.02. The maximum Gasteiger partial charge on any atom is 0.256 e. The van der Waals surface area contributed by atoms with Gasteiger partial charge in [0.05, 0.1) is 58.5 Å². The Morgan fingerprint density at radius 1 is 1.17 bits per heavy atom. The van der Waals surface area contributed by atoms with Gasteiger partial charge in [-0.2, -0.15) is 0 Å². The van der Waals surface area contributed by atoms with Crippen molar-refractivity contribution in [3.05, 3.63) is 41.7 Å². The van der Waals surface area contributed by atoms with E-state index in [1.165, 1.54) is 28.3 Å². The molecule has 1 atom stereocenters. The highest BCUT2D eigenvalue weighted by Crippen LogP contribution is 2.35. The number of aryl methyl sites for hydroxylation is 1. The average Bonchev–Trinajstić information content (AvgIpc) is 3.31. The number of likely N-dealkylation sites (tertiary alicyclic amines) is 1. The first-order chi connectivity index (χ1) is 19.7. The molecule has 1 unspecified atom stereocenters. The quantitative estimate of drug-likeness (QED) is 0.271. The summed E-state index contributed by atoms with van der Waals surface area (Å²) in [5, 5.41) is 2.39. The number of nitrogen functional groups attached to an aromatic ring is 1. The van der Waals surface area contributed by atoms with Gasteiger partial charge in [-0.05, 0) is 70.2 Å². The topological polar surface area (TPSA) is 77.3 Å². The molecule has 1 saturated heterocycles. The molecular formula is C28H32B3F4N7. The number of nitrogens with two attached hydrogens (primary N) is 1. The number of imidazole rings is 1. The Balaban J connectivity index is 0.000000244. The van der Waals surface area contributed by atoms with E-state index in [0.29, 0.717) is 29.0 Å². The Labute approximate surface area is 246 Å². The van der Waals surface area contributed by atoms with Gasteiger partial charge in [-0.1, -0.05) is 12.5 Å². The third kappa shape index (κ3) is 6.63. The summed E-state index contributed by atoms with van der Waals surface area (Å²) in [7, 11) is 17.1. The Morgan fingerprint density at radius 3 is 2.52 bits per heavy atom. The van der Waals surface area contributed by atoms with Gasteiger partial charge in [-0.25, -0.2) is 32.0 Å². The van der Waals surface area contributed by atoms with Crippen molar-refractivity contribution in [3.63, 3.8) is 0 Å². The van der Waals surface area contributed by atoms with Gasteiger partial charge in [-0.15, -0.1) is 10.2 Å². The van der Waals surface area contributed by atoms with Crippen molar-refractivity contribution in [3.8, 4) is 11.1 Å². The van der Waals surface area contributed by atoms with Gasteiger partial charge in [0.25, 0.3) is 6.43 Å². The summed E-state index contributed by atoms with van der Waals surface area (Å²) in [6.07, 6.45) is 4.23. The number of hydrogen-bond donors (Lipinski definition) is 1. The van der Waals surface area contributed by atoms with Gasteiger partial charge in [0.2, 0.25) is 5.95 Å². The first-order valence-electron chi connectivity index (χ1n) is 14.1. The van der Waals surface area contributed by atoms with Crippen LogP contribution in [0, 0.1) is 12.7 Å². The van der Waals surface area contributed by atoms with E-state index < -0.39 is 29.6 Å². The van der Waals surface area contributed by atoms with Crippen LogP contribution in [0.2, 0.25) is 5.11 Å².